The quantitative estimate of drug-likeness (QED) is 0.223. The number of para-hydroxylation sites is 1. The zero-order chi connectivity index (χ0) is 22.4. The van der Waals surface area contributed by atoms with Gasteiger partial charge in [-0.25, -0.2) is 0 Å². The van der Waals surface area contributed by atoms with Gasteiger partial charge in [0.25, 0.3) is 17.5 Å². The topological polar surface area (TPSA) is 113 Å². The number of nitrogens with one attached hydrogen (secondary N) is 1. The monoisotopic (exact) mass is 425 g/mol. The van der Waals surface area contributed by atoms with Gasteiger partial charge in [-0.15, -0.1) is 0 Å². The van der Waals surface area contributed by atoms with Crippen molar-refractivity contribution in [2.45, 2.75) is 0 Å². The Morgan fingerprint density at radius 1 is 0.906 bits per heavy atom. The number of carbonyl (C=O) groups is 3. The molecule has 1 aliphatic heterocycles. The van der Waals surface area contributed by atoms with Gasteiger partial charge in [0, 0.05) is 17.0 Å². The number of hydrogen-bond acceptors (Lipinski definition) is 5. The SMILES string of the molecule is O=C(CN1C(=O)c2cccc([N+](=O)[O-])c2C1=O)c1c(-c2ccccc2)[nH]c2ccccc12. The first-order valence-electron chi connectivity index (χ1n) is 9.80. The number of nitrogens with zero attached hydrogens (tertiary/aromatic N) is 2. The molecule has 8 nitrogen and oxygen atoms in total. The number of nitro benzene ring substituents is 1. The standard InChI is InChI=1S/C24H15N3O5/c28-19(13-26-23(29)16-10-6-12-18(27(31)32)20(16)24(26)30)21-15-9-4-5-11-17(15)25-22(21)14-7-2-1-3-8-14/h1-12,25H,13H2. The van der Waals surface area contributed by atoms with Crippen molar-refractivity contribution in [3.05, 3.63) is 99.6 Å². The summed E-state index contributed by atoms with van der Waals surface area (Å²) in [6.45, 7) is -0.523. The Bertz CT molecular complexity index is 1440. The van der Waals surface area contributed by atoms with Crippen molar-refractivity contribution in [2.75, 3.05) is 6.54 Å². The molecule has 4 aromatic rings. The van der Waals surface area contributed by atoms with Crippen LogP contribution in [0.1, 0.15) is 31.1 Å². The molecule has 3 aromatic carbocycles. The fraction of sp³-hybridized carbons (Fsp3) is 0.0417. The minimum atomic E-state index is -0.841. The van der Waals surface area contributed by atoms with Crippen molar-refractivity contribution in [1.29, 1.82) is 0 Å². The normalized spacial score (nSPS) is 12.9. The average molecular weight is 425 g/mol. The predicted molar refractivity (Wildman–Crippen MR) is 117 cm³/mol. The summed E-state index contributed by atoms with van der Waals surface area (Å²) < 4.78 is 0. The first-order chi connectivity index (χ1) is 15.5. The molecule has 32 heavy (non-hydrogen) atoms. The molecule has 2 heterocycles. The smallest absolute Gasteiger partial charge is 0.282 e. The number of aromatic nitrogens is 1. The second-order valence-electron chi connectivity index (χ2n) is 7.36. The molecule has 0 unspecified atom stereocenters. The van der Waals surface area contributed by atoms with Crippen LogP contribution >= 0.6 is 0 Å². The Balaban J connectivity index is 1.57. The van der Waals surface area contributed by atoms with Crippen LogP contribution in [0.4, 0.5) is 5.69 Å². The van der Waals surface area contributed by atoms with E-state index < -0.39 is 34.8 Å². The molecular formula is C24H15N3O5. The number of fused-ring (bicyclic) bond motifs is 2. The molecular weight excluding hydrogens is 410 g/mol. The van der Waals surface area contributed by atoms with Gasteiger partial charge in [0.1, 0.15) is 5.56 Å². The maximum absolute atomic E-state index is 13.4. The van der Waals surface area contributed by atoms with E-state index in [9.17, 15) is 24.5 Å². The van der Waals surface area contributed by atoms with Crippen LogP contribution in [0.3, 0.4) is 0 Å². The third-order valence-corrected chi connectivity index (χ3v) is 5.52. The molecule has 1 N–H and O–H groups in total. The third-order valence-electron chi connectivity index (χ3n) is 5.52. The van der Waals surface area contributed by atoms with E-state index in [0.29, 0.717) is 16.6 Å². The minimum Gasteiger partial charge on any atom is -0.354 e. The molecule has 1 aromatic heterocycles. The number of H-pyrrole nitrogens is 1. The van der Waals surface area contributed by atoms with Gasteiger partial charge in [0.15, 0.2) is 5.78 Å². The summed E-state index contributed by atoms with van der Waals surface area (Å²) in [5.74, 6) is -2.01. The number of aromatic amines is 1. The van der Waals surface area contributed by atoms with Gasteiger partial charge < -0.3 is 4.98 Å². The highest BCUT2D eigenvalue weighted by Gasteiger charge is 2.42. The van der Waals surface area contributed by atoms with Crippen molar-refractivity contribution < 1.29 is 19.3 Å². The number of Topliss-reactive ketones (excluding diaryl/α,β-unsaturated/α-hetero) is 1. The molecule has 0 aliphatic carbocycles. The fourth-order valence-electron chi connectivity index (χ4n) is 4.09. The first kappa shape index (κ1) is 19.4. The summed E-state index contributed by atoms with van der Waals surface area (Å²) in [5, 5.41) is 12.0. The molecule has 0 bridgehead atoms. The number of carbonyl (C=O) groups excluding carboxylic acids is 3. The molecule has 156 valence electrons. The van der Waals surface area contributed by atoms with Crippen LogP contribution in [0.25, 0.3) is 22.2 Å². The van der Waals surface area contributed by atoms with Crippen LogP contribution < -0.4 is 0 Å². The Morgan fingerprint density at radius 2 is 1.62 bits per heavy atom. The van der Waals surface area contributed by atoms with Gasteiger partial charge in [-0.1, -0.05) is 54.6 Å². The van der Waals surface area contributed by atoms with Crippen LogP contribution in [0, 0.1) is 10.1 Å². The minimum absolute atomic E-state index is 0.0702. The maximum Gasteiger partial charge on any atom is 0.282 e. The van der Waals surface area contributed by atoms with E-state index in [1.807, 2.05) is 42.5 Å². The Hall–Kier alpha value is -4.59. The lowest BCUT2D eigenvalue weighted by Crippen LogP contribution is -2.35. The average Bonchev–Trinajstić information content (AvgIpc) is 3.31. The molecule has 0 spiro atoms. The lowest BCUT2D eigenvalue weighted by molar-refractivity contribution is -0.385. The molecule has 0 fully saturated rings. The number of imide groups is 1. The summed E-state index contributed by atoms with van der Waals surface area (Å²) in [7, 11) is 0. The van der Waals surface area contributed by atoms with Crippen LogP contribution in [0.5, 0.6) is 0 Å². The number of hydrogen-bond donors (Lipinski definition) is 1. The molecule has 0 atom stereocenters. The second-order valence-corrected chi connectivity index (χ2v) is 7.36. The second kappa shape index (κ2) is 7.28. The van der Waals surface area contributed by atoms with Gasteiger partial charge in [-0.3, -0.25) is 29.4 Å². The van der Waals surface area contributed by atoms with Crippen molar-refractivity contribution in [3.63, 3.8) is 0 Å². The van der Waals surface area contributed by atoms with E-state index >= 15 is 0 Å². The zero-order valence-electron chi connectivity index (χ0n) is 16.6. The third kappa shape index (κ3) is 2.89. The summed E-state index contributed by atoms with van der Waals surface area (Å²) in [6.07, 6.45) is 0. The fourth-order valence-corrected chi connectivity index (χ4v) is 4.09. The van der Waals surface area contributed by atoms with Crippen LogP contribution in [0.2, 0.25) is 0 Å². The predicted octanol–water partition coefficient (Wildman–Crippen LogP) is 4.22. The molecule has 0 saturated carbocycles. The largest absolute Gasteiger partial charge is 0.354 e. The van der Waals surface area contributed by atoms with Gasteiger partial charge in [0.2, 0.25) is 0 Å². The molecule has 5 rings (SSSR count). The molecule has 1 aliphatic rings. The van der Waals surface area contributed by atoms with Gasteiger partial charge >= 0.3 is 0 Å². The lowest BCUT2D eigenvalue weighted by atomic mass is 10.0. The number of ketones is 1. The Kier molecular flexibility index (Phi) is 4.41. The lowest BCUT2D eigenvalue weighted by Gasteiger charge is -2.13. The van der Waals surface area contributed by atoms with Gasteiger partial charge in [-0.2, -0.15) is 0 Å². The van der Waals surface area contributed by atoms with E-state index in [2.05, 4.69) is 4.98 Å². The van der Waals surface area contributed by atoms with E-state index in [0.717, 1.165) is 16.0 Å². The van der Waals surface area contributed by atoms with Crippen molar-refractivity contribution in [1.82, 2.24) is 9.88 Å². The summed E-state index contributed by atoms with van der Waals surface area (Å²) in [6, 6.07) is 20.4. The Labute approximate surface area is 181 Å². The van der Waals surface area contributed by atoms with E-state index in [4.69, 9.17) is 0 Å². The molecule has 2 amide bonds. The van der Waals surface area contributed by atoms with Crippen molar-refractivity contribution in [2.24, 2.45) is 0 Å². The van der Waals surface area contributed by atoms with E-state index in [1.54, 1.807) is 12.1 Å². The van der Waals surface area contributed by atoms with E-state index in [1.165, 1.54) is 18.2 Å². The number of rotatable bonds is 5. The molecule has 8 heteroatoms. The summed E-state index contributed by atoms with van der Waals surface area (Å²) in [4.78, 5) is 53.8. The van der Waals surface area contributed by atoms with Crippen LogP contribution in [-0.4, -0.2) is 38.9 Å². The van der Waals surface area contributed by atoms with Gasteiger partial charge in [0.05, 0.1) is 28.3 Å². The highest BCUT2D eigenvalue weighted by molar-refractivity contribution is 6.25. The van der Waals surface area contributed by atoms with Gasteiger partial charge in [-0.05, 0) is 17.7 Å². The molecule has 0 saturated heterocycles. The highest BCUT2D eigenvalue weighted by Crippen LogP contribution is 2.33. The van der Waals surface area contributed by atoms with Crippen LogP contribution in [-0.2, 0) is 0 Å². The zero-order valence-corrected chi connectivity index (χ0v) is 16.6. The van der Waals surface area contributed by atoms with Crippen LogP contribution in [0.15, 0.2) is 72.8 Å². The van der Waals surface area contributed by atoms with Crippen molar-refractivity contribution >= 4 is 34.2 Å². The Morgan fingerprint density at radius 3 is 2.38 bits per heavy atom. The number of benzene rings is 3. The number of amides is 2. The summed E-state index contributed by atoms with van der Waals surface area (Å²) in [5.41, 5.74) is 1.67. The first-order valence-corrected chi connectivity index (χ1v) is 9.80. The highest BCUT2D eigenvalue weighted by atomic mass is 16.6. The summed E-state index contributed by atoms with van der Waals surface area (Å²) >= 11 is 0. The van der Waals surface area contributed by atoms with Crippen molar-refractivity contribution in [3.8, 4) is 11.3 Å². The van der Waals surface area contributed by atoms with E-state index in [-0.39, 0.29) is 11.1 Å². The molecule has 0 radical (unpaired) electrons. The number of nitro groups is 1. The maximum atomic E-state index is 13.4.